The van der Waals surface area contributed by atoms with Gasteiger partial charge in [-0.05, 0) is 30.5 Å². The summed E-state index contributed by atoms with van der Waals surface area (Å²) in [5.41, 5.74) is 2.47. The molecule has 0 radical (unpaired) electrons. The highest BCUT2D eigenvalue weighted by molar-refractivity contribution is 5.82. The molecule has 100 valence electrons. The van der Waals surface area contributed by atoms with Gasteiger partial charge in [-0.25, -0.2) is 0 Å². The molecule has 4 rings (SSSR count). The monoisotopic (exact) mass is 256 g/mol. The van der Waals surface area contributed by atoms with Crippen LogP contribution < -0.4 is 10.2 Å². The van der Waals surface area contributed by atoms with Crippen LogP contribution in [0.2, 0.25) is 0 Å². The zero-order valence-electron chi connectivity index (χ0n) is 11.1. The van der Waals surface area contributed by atoms with Crippen LogP contribution >= 0.6 is 0 Å². The zero-order chi connectivity index (χ0) is 12.7. The van der Waals surface area contributed by atoms with Crippen molar-refractivity contribution < 1.29 is 0 Å². The molecule has 0 amide bonds. The lowest BCUT2D eigenvalue weighted by Gasteiger charge is -2.38. The largest absolute Gasteiger partial charge is 0.366 e. The molecule has 1 atom stereocenters. The number of anilines is 1. The molecule has 0 spiro atoms. The number of aromatic amines is 1. The first-order chi connectivity index (χ1) is 9.40. The number of H-pyrrole nitrogens is 1. The zero-order valence-corrected chi connectivity index (χ0v) is 11.1. The highest BCUT2D eigenvalue weighted by Gasteiger charge is 2.30. The van der Waals surface area contributed by atoms with Crippen molar-refractivity contribution in [2.75, 3.05) is 24.5 Å². The molecule has 1 aromatic carbocycles. The van der Waals surface area contributed by atoms with Gasteiger partial charge in [-0.15, -0.1) is 0 Å². The molecule has 1 unspecified atom stereocenters. The summed E-state index contributed by atoms with van der Waals surface area (Å²) in [7, 11) is 0. The van der Waals surface area contributed by atoms with Crippen LogP contribution in [0.4, 0.5) is 5.69 Å². The van der Waals surface area contributed by atoms with Crippen LogP contribution in [0.1, 0.15) is 19.3 Å². The van der Waals surface area contributed by atoms with Crippen molar-refractivity contribution in [2.24, 2.45) is 5.92 Å². The van der Waals surface area contributed by atoms with E-state index in [-0.39, 0.29) is 0 Å². The third-order valence-corrected chi connectivity index (χ3v) is 4.41. The van der Waals surface area contributed by atoms with E-state index in [1.54, 1.807) is 0 Å². The first-order valence-electron chi connectivity index (χ1n) is 7.30. The predicted molar refractivity (Wildman–Crippen MR) is 77.4 cm³/mol. The van der Waals surface area contributed by atoms with Crippen molar-refractivity contribution in [2.45, 2.75) is 25.3 Å². The number of hydrogen-bond donors (Lipinski definition) is 2. The van der Waals surface area contributed by atoms with Crippen molar-refractivity contribution in [3.63, 3.8) is 0 Å². The summed E-state index contributed by atoms with van der Waals surface area (Å²) in [5, 5.41) is 11.9. The van der Waals surface area contributed by atoms with E-state index in [0.29, 0.717) is 6.04 Å². The maximum atomic E-state index is 4.11. The normalized spacial score (nSPS) is 24.0. The molecule has 2 heterocycles. The van der Waals surface area contributed by atoms with Gasteiger partial charge in [0.2, 0.25) is 0 Å². The van der Waals surface area contributed by atoms with E-state index in [0.717, 1.165) is 31.1 Å². The number of hydrogen-bond acceptors (Lipinski definition) is 3. The average molecular weight is 256 g/mol. The maximum Gasteiger partial charge on any atom is 0.0651 e. The molecule has 2 fully saturated rings. The molecule has 1 aromatic heterocycles. The number of aromatic nitrogens is 2. The van der Waals surface area contributed by atoms with E-state index in [1.165, 1.54) is 30.3 Å². The molecular weight excluding hydrogens is 236 g/mol. The van der Waals surface area contributed by atoms with Gasteiger partial charge < -0.3 is 10.2 Å². The van der Waals surface area contributed by atoms with Gasteiger partial charge >= 0.3 is 0 Å². The smallest absolute Gasteiger partial charge is 0.0651 e. The summed E-state index contributed by atoms with van der Waals surface area (Å²) in [5.74, 6) is 0.977. The molecular formula is C15H20N4. The summed E-state index contributed by atoms with van der Waals surface area (Å²) in [6, 6.07) is 7.30. The number of nitrogens with one attached hydrogen (secondary N) is 2. The van der Waals surface area contributed by atoms with E-state index in [9.17, 15) is 0 Å². The van der Waals surface area contributed by atoms with E-state index in [1.807, 2.05) is 6.20 Å². The van der Waals surface area contributed by atoms with Gasteiger partial charge in [-0.1, -0.05) is 12.8 Å². The molecule has 1 aliphatic heterocycles. The number of benzene rings is 1. The fourth-order valence-corrected chi connectivity index (χ4v) is 3.16. The maximum absolute atomic E-state index is 4.11. The van der Waals surface area contributed by atoms with Crippen molar-refractivity contribution in [3.8, 4) is 0 Å². The molecule has 2 N–H and O–H groups in total. The number of piperazine rings is 1. The Bertz CT molecular complexity index is 572. The van der Waals surface area contributed by atoms with Crippen molar-refractivity contribution in [1.82, 2.24) is 15.5 Å². The molecule has 2 aliphatic rings. The topological polar surface area (TPSA) is 44.0 Å². The third-order valence-electron chi connectivity index (χ3n) is 4.41. The van der Waals surface area contributed by atoms with Crippen LogP contribution in [0.3, 0.4) is 0 Å². The van der Waals surface area contributed by atoms with Crippen molar-refractivity contribution in [3.05, 3.63) is 24.4 Å². The minimum atomic E-state index is 0.658. The minimum absolute atomic E-state index is 0.658. The minimum Gasteiger partial charge on any atom is -0.366 e. The fraction of sp³-hybridized carbons (Fsp3) is 0.533. The van der Waals surface area contributed by atoms with E-state index in [4.69, 9.17) is 0 Å². The lowest BCUT2D eigenvalue weighted by Crippen LogP contribution is -2.51. The Morgan fingerprint density at radius 1 is 1.32 bits per heavy atom. The summed E-state index contributed by atoms with van der Waals surface area (Å²) >= 11 is 0. The Morgan fingerprint density at radius 2 is 2.26 bits per heavy atom. The standard InChI is InChI=1S/C15H20N4/c1-2-11(1)7-14-10-16-5-6-19(14)13-3-4-15-12(8-13)9-17-18-15/h3-4,8-9,11,14,16H,1-2,5-7,10H2,(H,17,18). The van der Waals surface area contributed by atoms with Crippen LogP contribution in [0.5, 0.6) is 0 Å². The second-order valence-electron chi connectivity index (χ2n) is 5.87. The quantitative estimate of drug-likeness (QED) is 0.884. The third kappa shape index (κ3) is 2.21. The Kier molecular flexibility index (Phi) is 2.69. The Morgan fingerprint density at radius 3 is 3.16 bits per heavy atom. The number of rotatable bonds is 3. The van der Waals surface area contributed by atoms with Gasteiger partial charge in [-0.2, -0.15) is 5.10 Å². The van der Waals surface area contributed by atoms with Gasteiger partial charge in [0, 0.05) is 36.7 Å². The highest BCUT2D eigenvalue weighted by Crippen LogP contribution is 2.36. The highest BCUT2D eigenvalue weighted by atomic mass is 15.2. The summed E-state index contributed by atoms with van der Waals surface area (Å²) in [4.78, 5) is 2.58. The Hall–Kier alpha value is -1.55. The van der Waals surface area contributed by atoms with Crippen LogP contribution in [-0.4, -0.2) is 35.9 Å². The van der Waals surface area contributed by atoms with Gasteiger partial charge in [0.15, 0.2) is 0 Å². The van der Waals surface area contributed by atoms with Crippen molar-refractivity contribution >= 4 is 16.6 Å². The molecule has 1 saturated heterocycles. The van der Waals surface area contributed by atoms with E-state index >= 15 is 0 Å². The second-order valence-corrected chi connectivity index (χ2v) is 5.87. The van der Waals surface area contributed by atoms with Crippen LogP contribution in [0.25, 0.3) is 10.9 Å². The number of fused-ring (bicyclic) bond motifs is 1. The van der Waals surface area contributed by atoms with Crippen molar-refractivity contribution in [1.29, 1.82) is 0 Å². The predicted octanol–water partition coefficient (Wildman–Crippen LogP) is 2.14. The molecule has 19 heavy (non-hydrogen) atoms. The average Bonchev–Trinajstić information content (AvgIpc) is 3.14. The van der Waals surface area contributed by atoms with Crippen LogP contribution in [0, 0.1) is 5.92 Å². The lowest BCUT2D eigenvalue weighted by molar-refractivity contribution is 0.437. The summed E-state index contributed by atoms with van der Waals surface area (Å²) in [6.07, 6.45) is 6.13. The summed E-state index contributed by atoms with van der Waals surface area (Å²) < 4.78 is 0. The van der Waals surface area contributed by atoms with Gasteiger partial charge in [0.05, 0.1) is 11.7 Å². The molecule has 0 bridgehead atoms. The fourth-order valence-electron chi connectivity index (χ4n) is 3.16. The van der Waals surface area contributed by atoms with Crippen LogP contribution in [-0.2, 0) is 0 Å². The molecule has 4 nitrogen and oxygen atoms in total. The van der Waals surface area contributed by atoms with Gasteiger partial charge in [0.25, 0.3) is 0 Å². The van der Waals surface area contributed by atoms with E-state index in [2.05, 4.69) is 38.6 Å². The first kappa shape index (κ1) is 11.3. The molecule has 2 aromatic rings. The molecule has 1 saturated carbocycles. The van der Waals surface area contributed by atoms with E-state index < -0.39 is 0 Å². The van der Waals surface area contributed by atoms with Gasteiger partial charge in [-0.3, -0.25) is 5.10 Å². The lowest BCUT2D eigenvalue weighted by atomic mass is 10.0. The summed E-state index contributed by atoms with van der Waals surface area (Å²) in [6.45, 7) is 3.32. The first-order valence-corrected chi connectivity index (χ1v) is 7.30. The molecule has 1 aliphatic carbocycles. The molecule has 4 heteroatoms. The van der Waals surface area contributed by atoms with Crippen LogP contribution in [0.15, 0.2) is 24.4 Å². The Labute approximate surface area is 113 Å². The Balaban J connectivity index is 1.62. The number of nitrogens with zero attached hydrogens (tertiary/aromatic N) is 2. The van der Waals surface area contributed by atoms with Gasteiger partial charge in [0.1, 0.15) is 0 Å². The SMILES string of the molecule is c1cc2[nH]ncc2cc1N1CCNCC1CC1CC1. The second kappa shape index (κ2) is 4.53.